The molecule has 0 aliphatic carbocycles. The molecule has 98 valence electrons. The molecule has 0 bridgehead atoms. The number of carbonyl (C=O) groups is 2. The van der Waals surface area contributed by atoms with Crippen LogP contribution in [0.5, 0.6) is 5.75 Å². The number of nitrogens with zero attached hydrogens (tertiary/aromatic N) is 1. The Hall–Kier alpha value is -2.11. The molecule has 1 rings (SSSR count). The van der Waals surface area contributed by atoms with Crippen LogP contribution in [-0.2, 0) is 9.59 Å². The molecule has 1 atom stereocenters. The van der Waals surface area contributed by atoms with Crippen LogP contribution in [0, 0.1) is 11.7 Å². The van der Waals surface area contributed by atoms with Gasteiger partial charge in [-0.1, -0.05) is 0 Å². The van der Waals surface area contributed by atoms with E-state index in [-0.39, 0.29) is 5.69 Å². The Labute approximate surface area is 104 Å². The molecule has 1 unspecified atom stereocenters. The molecule has 0 saturated carbocycles. The number of anilines is 1. The fourth-order valence-corrected chi connectivity index (χ4v) is 1.44. The predicted molar refractivity (Wildman–Crippen MR) is 63.2 cm³/mol. The first-order valence-electron chi connectivity index (χ1n) is 5.22. The number of carboxylic acids is 1. The van der Waals surface area contributed by atoms with E-state index in [4.69, 9.17) is 9.84 Å². The first-order valence-corrected chi connectivity index (χ1v) is 5.22. The van der Waals surface area contributed by atoms with Crippen LogP contribution >= 0.6 is 0 Å². The van der Waals surface area contributed by atoms with Crippen molar-refractivity contribution in [3.63, 3.8) is 0 Å². The SMILES string of the molecule is COc1ccc(F)cc1N(C)C(=O)C(C)C(=O)O. The third-order valence-electron chi connectivity index (χ3n) is 2.57. The number of ether oxygens (including phenoxy) is 1. The minimum absolute atomic E-state index is 0.190. The van der Waals surface area contributed by atoms with Crippen LogP contribution in [0.2, 0.25) is 0 Å². The van der Waals surface area contributed by atoms with Gasteiger partial charge in [-0.2, -0.15) is 0 Å². The molecule has 6 heteroatoms. The molecular weight excluding hydrogens is 241 g/mol. The van der Waals surface area contributed by atoms with Gasteiger partial charge < -0.3 is 14.7 Å². The van der Waals surface area contributed by atoms with Gasteiger partial charge in [0.15, 0.2) is 0 Å². The standard InChI is InChI=1S/C12H14FNO4/c1-7(12(16)17)11(15)14(2)9-6-8(13)4-5-10(9)18-3/h4-7H,1-3H3,(H,16,17). The van der Waals surface area contributed by atoms with Gasteiger partial charge in [0, 0.05) is 13.1 Å². The number of carboxylic acid groups (broad SMARTS) is 1. The summed E-state index contributed by atoms with van der Waals surface area (Å²) in [6, 6.07) is 3.69. The number of hydrogen-bond acceptors (Lipinski definition) is 3. The molecule has 1 amide bonds. The molecule has 18 heavy (non-hydrogen) atoms. The van der Waals surface area contributed by atoms with Gasteiger partial charge in [0.05, 0.1) is 12.8 Å². The van der Waals surface area contributed by atoms with Crippen molar-refractivity contribution in [2.75, 3.05) is 19.1 Å². The predicted octanol–water partition coefficient (Wildman–Crippen LogP) is 1.52. The molecule has 0 spiro atoms. The Morgan fingerprint density at radius 3 is 2.56 bits per heavy atom. The lowest BCUT2D eigenvalue weighted by Crippen LogP contribution is -2.35. The second-order valence-corrected chi connectivity index (χ2v) is 3.77. The van der Waals surface area contributed by atoms with Gasteiger partial charge in [0.2, 0.25) is 5.91 Å². The first-order chi connectivity index (χ1) is 8.38. The normalized spacial score (nSPS) is 11.8. The molecule has 1 aromatic carbocycles. The highest BCUT2D eigenvalue weighted by Crippen LogP contribution is 2.29. The summed E-state index contributed by atoms with van der Waals surface area (Å²) in [6.45, 7) is 1.27. The van der Waals surface area contributed by atoms with E-state index < -0.39 is 23.6 Å². The van der Waals surface area contributed by atoms with E-state index in [2.05, 4.69) is 0 Å². The first kappa shape index (κ1) is 14.0. The van der Waals surface area contributed by atoms with Crippen LogP contribution < -0.4 is 9.64 Å². The number of methoxy groups -OCH3 is 1. The molecular formula is C12H14FNO4. The van der Waals surface area contributed by atoms with Crippen molar-refractivity contribution in [2.45, 2.75) is 6.92 Å². The maximum atomic E-state index is 13.2. The minimum atomic E-state index is -1.23. The van der Waals surface area contributed by atoms with Crippen LogP contribution in [0.3, 0.4) is 0 Å². The van der Waals surface area contributed by atoms with E-state index in [0.29, 0.717) is 5.75 Å². The summed E-state index contributed by atoms with van der Waals surface area (Å²) in [5, 5.41) is 8.78. The highest BCUT2D eigenvalue weighted by atomic mass is 19.1. The summed E-state index contributed by atoms with van der Waals surface area (Å²) in [5.41, 5.74) is 0.190. The van der Waals surface area contributed by atoms with Crippen molar-refractivity contribution in [3.05, 3.63) is 24.0 Å². The topological polar surface area (TPSA) is 66.8 Å². The quantitative estimate of drug-likeness (QED) is 0.828. The molecule has 0 radical (unpaired) electrons. The summed E-state index contributed by atoms with van der Waals surface area (Å²) in [4.78, 5) is 23.6. The smallest absolute Gasteiger partial charge is 0.315 e. The minimum Gasteiger partial charge on any atom is -0.495 e. The molecule has 5 nitrogen and oxygen atoms in total. The van der Waals surface area contributed by atoms with Gasteiger partial charge >= 0.3 is 5.97 Å². The molecule has 0 heterocycles. The molecule has 0 fully saturated rings. The summed E-state index contributed by atoms with van der Waals surface area (Å²) in [5.74, 6) is -3.32. The number of halogens is 1. The number of amides is 1. The van der Waals surface area contributed by atoms with Gasteiger partial charge in [0.1, 0.15) is 17.5 Å². The second-order valence-electron chi connectivity index (χ2n) is 3.77. The largest absolute Gasteiger partial charge is 0.495 e. The third kappa shape index (κ3) is 2.77. The van der Waals surface area contributed by atoms with Crippen molar-refractivity contribution in [3.8, 4) is 5.75 Å². The van der Waals surface area contributed by atoms with Crippen LogP contribution in [0.1, 0.15) is 6.92 Å². The zero-order valence-corrected chi connectivity index (χ0v) is 10.3. The third-order valence-corrected chi connectivity index (χ3v) is 2.57. The fraction of sp³-hybridized carbons (Fsp3) is 0.333. The molecule has 0 aromatic heterocycles. The Morgan fingerprint density at radius 2 is 2.06 bits per heavy atom. The van der Waals surface area contributed by atoms with Gasteiger partial charge in [0.25, 0.3) is 0 Å². The summed E-state index contributed by atoms with van der Waals surface area (Å²) in [6.07, 6.45) is 0. The monoisotopic (exact) mass is 255 g/mol. The van der Waals surface area contributed by atoms with E-state index in [0.717, 1.165) is 11.0 Å². The van der Waals surface area contributed by atoms with Crippen molar-refractivity contribution >= 4 is 17.6 Å². The lowest BCUT2D eigenvalue weighted by Gasteiger charge is -2.21. The number of carbonyl (C=O) groups excluding carboxylic acids is 1. The van der Waals surface area contributed by atoms with Gasteiger partial charge in [-0.3, -0.25) is 9.59 Å². The Morgan fingerprint density at radius 1 is 1.44 bits per heavy atom. The summed E-state index contributed by atoms with van der Waals surface area (Å²) in [7, 11) is 2.76. The van der Waals surface area contributed by atoms with E-state index in [1.165, 1.54) is 33.2 Å². The zero-order chi connectivity index (χ0) is 13.9. The Bertz CT molecular complexity index is 475. The van der Waals surface area contributed by atoms with Crippen molar-refractivity contribution < 1.29 is 23.8 Å². The Balaban J connectivity index is 3.10. The lowest BCUT2D eigenvalue weighted by molar-refractivity contribution is -0.145. The van der Waals surface area contributed by atoms with Gasteiger partial charge in [-0.25, -0.2) is 4.39 Å². The molecule has 1 N–H and O–H groups in total. The number of aliphatic carboxylic acids is 1. The molecule has 0 aliphatic rings. The highest BCUT2D eigenvalue weighted by molar-refractivity contribution is 6.05. The van der Waals surface area contributed by atoms with Crippen LogP contribution in [0.15, 0.2) is 18.2 Å². The van der Waals surface area contributed by atoms with Crippen LogP contribution in [0.4, 0.5) is 10.1 Å². The number of benzene rings is 1. The van der Waals surface area contributed by atoms with Crippen molar-refractivity contribution in [2.24, 2.45) is 5.92 Å². The zero-order valence-electron chi connectivity index (χ0n) is 10.3. The summed E-state index contributed by atoms with van der Waals surface area (Å²) >= 11 is 0. The van der Waals surface area contributed by atoms with E-state index in [1.807, 2.05) is 0 Å². The Kier molecular flexibility index (Phi) is 4.25. The maximum absolute atomic E-state index is 13.2. The van der Waals surface area contributed by atoms with Crippen LogP contribution in [-0.4, -0.2) is 31.1 Å². The molecule has 0 saturated heterocycles. The average molecular weight is 255 g/mol. The van der Waals surface area contributed by atoms with E-state index in [9.17, 15) is 14.0 Å². The van der Waals surface area contributed by atoms with Crippen LogP contribution in [0.25, 0.3) is 0 Å². The average Bonchev–Trinajstić information content (AvgIpc) is 2.35. The fourth-order valence-electron chi connectivity index (χ4n) is 1.44. The van der Waals surface area contributed by atoms with Gasteiger partial charge in [-0.05, 0) is 19.1 Å². The van der Waals surface area contributed by atoms with E-state index >= 15 is 0 Å². The van der Waals surface area contributed by atoms with Gasteiger partial charge in [-0.15, -0.1) is 0 Å². The summed E-state index contributed by atoms with van der Waals surface area (Å²) < 4.78 is 18.2. The molecule has 0 aliphatic heterocycles. The number of hydrogen-bond donors (Lipinski definition) is 1. The highest BCUT2D eigenvalue weighted by Gasteiger charge is 2.26. The lowest BCUT2D eigenvalue weighted by atomic mass is 10.1. The maximum Gasteiger partial charge on any atom is 0.315 e. The van der Waals surface area contributed by atoms with Crippen molar-refractivity contribution in [1.82, 2.24) is 0 Å². The second kappa shape index (κ2) is 5.48. The van der Waals surface area contributed by atoms with Crippen molar-refractivity contribution in [1.29, 1.82) is 0 Å². The van der Waals surface area contributed by atoms with E-state index in [1.54, 1.807) is 0 Å². The number of rotatable bonds is 4. The molecule has 1 aromatic rings.